The summed E-state index contributed by atoms with van der Waals surface area (Å²) >= 11 is 0. The van der Waals surface area contributed by atoms with Crippen LogP contribution in [0.3, 0.4) is 0 Å². The predicted molar refractivity (Wildman–Crippen MR) is 88.7 cm³/mol. The van der Waals surface area contributed by atoms with Gasteiger partial charge in [0.1, 0.15) is 17.2 Å². The SMILES string of the molecule is Cc1ccc(NC(=O)C(=O)NCC(C)(O)c2ccc(F)cc2)c(F)c1. The van der Waals surface area contributed by atoms with Crippen LogP contribution in [0.25, 0.3) is 0 Å². The molecule has 3 N–H and O–H groups in total. The van der Waals surface area contributed by atoms with E-state index in [0.717, 1.165) is 0 Å². The molecular formula is C18H18F2N2O3. The first-order valence-electron chi connectivity index (χ1n) is 7.53. The maximum Gasteiger partial charge on any atom is 0.313 e. The number of amides is 2. The molecule has 132 valence electrons. The van der Waals surface area contributed by atoms with Gasteiger partial charge in [0, 0.05) is 0 Å². The average molecular weight is 348 g/mol. The smallest absolute Gasteiger partial charge is 0.313 e. The van der Waals surface area contributed by atoms with Crippen molar-refractivity contribution in [1.29, 1.82) is 0 Å². The second-order valence-electron chi connectivity index (χ2n) is 5.90. The number of rotatable bonds is 4. The Kier molecular flexibility index (Phi) is 5.48. The lowest BCUT2D eigenvalue weighted by molar-refractivity contribution is -0.136. The zero-order valence-corrected chi connectivity index (χ0v) is 13.8. The summed E-state index contributed by atoms with van der Waals surface area (Å²) in [5.74, 6) is -3.19. The van der Waals surface area contributed by atoms with E-state index in [2.05, 4.69) is 10.6 Å². The Morgan fingerprint density at radius 1 is 1.08 bits per heavy atom. The maximum absolute atomic E-state index is 13.7. The highest BCUT2D eigenvalue weighted by Crippen LogP contribution is 2.20. The number of nitrogens with one attached hydrogen (secondary N) is 2. The molecule has 0 heterocycles. The lowest BCUT2D eigenvalue weighted by Crippen LogP contribution is -2.43. The monoisotopic (exact) mass is 348 g/mol. The van der Waals surface area contributed by atoms with E-state index in [1.54, 1.807) is 13.0 Å². The summed E-state index contributed by atoms with van der Waals surface area (Å²) in [5, 5.41) is 14.8. The van der Waals surface area contributed by atoms with Crippen molar-refractivity contribution in [2.45, 2.75) is 19.4 Å². The number of hydrogen-bond donors (Lipinski definition) is 3. The lowest BCUT2D eigenvalue weighted by atomic mass is 9.96. The number of carbonyl (C=O) groups is 2. The van der Waals surface area contributed by atoms with E-state index in [0.29, 0.717) is 11.1 Å². The first kappa shape index (κ1) is 18.5. The fraction of sp³-hybridized carbons (Fsp3) is 0.222. The minimum Gasteiger partial charge on any atom is -0.384 e. The van der Waals surface area contributed by atoms with Crippen LogP contribution in [-0.4, -0.2) is 23.5 Å². The first-order chi connectivity index (χ1) is 11.7. The molecule has 0 spiro atoms. The second kappa shape index (κ2) is 7.40. The molecular weight excluding hydrogens is 330 g/mol. The summed E-state index contributed by atoms with van der Waals surface area (Å²) in [7, 11) is 0. The van der Waals surface area contributed by atoms with Crippen molar-refractivity contribution in [3.63, 3.8) is 0 Å². The number of halogens is 2. The van der Waals surface area contributed by atoms with E-state index in [-0.39, 0.29) is 12.2 Å². The van der Waals surface area contributed by atoms with Gasteiger partial charge in [-0.3, -0.25) is 9.59 Å². The number of aliphatic hydroxyl groups is 1. The van der Waals surface area contributed by atoms with Crippen LogP contribution in [0.4, 0.5) is 14.5 Å². The Hall–Kier alpha value is -2.80. The average Bonchev–Trinajstić information content (AvgIpc) is 2.55. The van der Waals surface area contributed by atoms with E-state index in [1.165, 1.54) is 43.3 Å². The molecule has 0 aliphatic rings. The Morgan fingerprint density at radius 2 is 1.72 bits per heavy atom. The number of anilines is 1. The van der Waals surface area contributed by atoms with Gasteiger partial charge >= 0.3 is 11.8 Å². The lowest BCUT2D eigenvalue weighted by Gasteiger charge is -2.24. The molecule has 2 rings (SSSR count). The number of carbonyl (C=O) groups excluding carboxylic acids is 2. The molecule has 0 radical (unpaired) electrons. The second-order valence-corrected chi connectivity index (χ2v) is 5.90. The first-order valence-corrected chi connectivity index (χ1v) is 7.53. The van der Waals surface area contributed by atoms with Gasteiger partial charge in [-0.2, -0.15) is 0 Å². The number of hydrogen-bond acceptors (Lipinski definition) is 3. The van der Waals surface area contributed by atoms with Gasteiger partial charge in [-0.05, 0) is 49.2 Å². The summed E-state index contributed by atoms with van der Waals surface area (Å²) in [6.45, 7) is 2.83. The van der Waals surface area contributed by atoms with E-state index < -0.39 is 29.0 Å². The highest BCUT2D eigenvalue weighted by atomic mass is 19.1. The van der Waals surface area contributed by atoms with Gasteiger partial charge in [-0.25, -0.2) is 8.78 Å². The van der Waals surface area contributed by atoms with Crippen molar-refractivity contribution in [3.8, 4) is 0 Å². The summed E-state index contributed by atoms with van der Waals surface area (Å²) in [6, 6.07) is 9.29. The topological polar surface area (TPSA) is 78.4 Å². The largest absolute Gasteiger partial charge is 0.384 e. The Morgan fingerprint density at radius 3 is 2.32 bits per heavy atom. The Bertz CT molecular complexity index is 789. The van der Waals surface area contributed by atoms with Crippen molar-refractivity contribution < 1.29 is 23.5 Å². The van der Waals surface area contributed by atoms with Gasteiger partial charge in [0.2, 0.25) is 0 Å². The normalized spacial score (nSPS) is 13.0. The van der Waals surface area contributed by atoms with Crippen LogP contribution < -0.4 is 10.6 Å². The molecule has 0 bridgehead atoms. The van der Waals surface area contributed by atoms with E-state index in [9.17, 15) is 23.5 Å². The van der Waals surface area contributed by atoms with Gasteiger partial charge in [0.15, 0.2) is 0 Å². The van der Waals surface area contributed by atoms with Crippen LogP contribution in [0.1, 0.15) is 18.1 Å². The minimum absolute atomic E-state index is 0.115. The molecule has 2 amide bonds. The third-order valence-electron chi connectivity index (χ3n) is 3.64. The van der Waals surface area contributed by atoms with Crippen molar-refractivity contribution in [2.24, 2.45) is 0 Å². The van der Waals surface area contributed by atoms with E-state index in [1.807, 2.05) is 0 Å². The molecule has 0 aromatic heterocycles. The van der Waals surface area contributed by atoms with Gasteiger partial charge in [-0.1, -0.05) is 18.2 Å². The van der Waals surface area contributed by atoms with Crippen LogP contribution in [-0.2, 0) is 15.2 Å². The van der Waals surface area contributed by atoms with Crippen molar-refractivity contribution >= 4 is 17.5 Å². The van der Waals surface area contributed by atoms with Gasteiger partial charge in [0.05, 0.1) is 12.2 Å². The quantitative estimate of drug-likeness (QED) is 0.742. The van der Waals surface area contributed by atoms with Crippen LogP contribution in [0.2, 0.25) is 0 Å². The third kappa shape index (κ3) is 4.84. The van der Waals surface area contributed by atoms with Crippen molar-refractivity contribution in [1.82, 2.24) is 5.32 Å². The standard InChI is InChI=1S/C18H18F2N2O3/c1-11-3-8-15(14(20)9-11)22-17(24)16(23)21-10-18(2,25)12-4-6-13(19)7-5-12/h3-9,25H,10H2,1-2H3,(H,21,23)(H,22,24). The molecule has 2 aromatic rings. The number of aryl methyl sites for hydroxylation is 1. The molecule has 0 aliphatic carbocycles. The highest BCUT2D eigenvalue weighted by Gasteiger charge is 2.25. The molecule has 0 saturated heterocycles. The predicted octanol–water partition coefficient (Wildman–Crippen LogP) is 2.24. The molecule has 0 fully saturated rings. The molecule has 7 heteroatoms. The fourth-order valence-electron chi connectivity index (χ4n) is 2.14. The molecule has 1 atom stereocenters. The number of benzene rings is 2. The van der Waals surface area contributed by atoms with E-state index in [4.69, 9.17) is 0 Å². The molecule has 1 unspecified atom stereocenters. The molecule has 25 heavy (non-hydrogen) atoms. The Labute approximate surface area is 143 Å². The van der Waals surface area contributed by atoms with Crippen LogP contribution in [0, 0.1) is 18.6 Å². The molecule has 0 aliphatic heterocycles. The van der Waals surface area contributed by atoms with Crippen molar-refractivity contribution in [2.75, 3.05) is 11.9 Å². The van der Waals surface area contributed by atoms with E-state index >= 15 is 0 Å². The summed E-state index contributed by atoms with van der Waals surface area (Å²) < 4.78 is 26.6. The highest BCUT2D eigenvalue weighted by molar-refractivity contribution is 6.39. The van der Waals surface area contributed by atoms with Crippen LogP contribution in [0.15, 0.2) is 42.5 Å². The van der Waals surface area contributed by atoms with Crippen LogP contribution in [0.5, 0.6) is 0 Å². The fourth-order valence-corrected chi connectivity index (χ4v) is 2.14. The summed E-state index contributed by atoms with van der Waals surface area (Å²) in [6.07, 6.45) is 0. The zero-order valence-electron chi connectivity index (χ0n) is 13.8. The molecule has 0 saturated carbocycles. The minimum atomic E-state index is -1.50. The Balaban J connectivity index is 1.96. The van der Waals surface area contributed by atoms with Gasteiger partial charge < -0.3 is 15.7 Å². The zero-order chi connectivity index (χ0) is 18.6. The molecule has 5 nitrogen and oxygen atoms in total. The molecule has 2 aromatic carbocycles. The van der Waals surface area contributed by atoms with Crippen molar-refractivity contribution in [3.05, 3.63) is 65.2 Å². The van der Waals surface area contributed by atoms with Gasteiger partial charge in [-0.15, -0.1) is 0 Å². The summed E-state index contributed by atoms with van der Waals surface area (Å²) in [5.41, 5.74) is -0.566. The maximum atomic E-state index is 13.7. The van der Waals surface area contributed by atoms with Crippen LogP contribution >= 0.6 is 0 Å². The van der Waals surface area contributed by atoms with Gasteiger partial charge in [0.25, 0.3) is 0 Å². The summed E-state index contributed by atoms with van der Waals surface area (Å²) in [4.78, 5) is 23.7. The third-order valence-corrected chi connectivity index (χ3v) is 3.64.